The third kappa shape index (κ3) is 3.16. The number of aromatic nitrogens is 4. The Kier molecular flexibility index (Phi) is 4.43. The number of hydrogen-bond donors (Lipinski definition) is 0. The predicted octanol–water partition coefficient (Wildman–Crippen LogP) is 6.80. The van der Waals surface area contributed by atoms with Crippen LogP contribution in [-0.4, -0.2) is 20.0 Å². The highest BCUT2D eigenvalue weighted by Gasteiger charge is 2.18. The lowest BCUT2D eigenvalue weighted by Crippen LogP contribution is -2.00. The van der Waals surface area contributed by atoms with Gasteiger partial charge in [-0.2, -0.15) is 0 Å². The standard InChI is InChI=1S/C19H10Br2N4S2/c20-15-8-6-13(26-15)11-4-5-12(14-7-9-16(21)27-14)19-18(11)23-25(24-19)17-3-1-2-10-22-17/h1-10H. The Balaban J connectivity index is 1.79. The highest BCUT2D eigenvalue weighted by molar-refractivity contribution is 9.11. The first-order valence-corrected chi connectivity index (χ1v) is 11.2. The van der Waals surface area contributed by atoms with Gasteiger partial charge in [-0.25, -0.2) is 4.98 Å². The summed E-state index contributed by atoms with van der Waals surface area (Å²) < 4.78 is 2.18. The summed E-state index contributed by atoms with van der Waals surface area (Å²) >= 11 is 10.5. The largest absolute Gasteiger partial charge is 0.236 e. The van der Waals surface area contributed by atoms with Crippen LogP contribution in [0.5, 0.6) is 0 Å². The zero-order valence-corrected chi connectivity index (χ0v) is 18.4. The van der Waals surface area contributed by atoms with Gasteiger partial charge < -0.3 is 0 Å². The van der Waals surface area contributed by atoms with Gasteiger partial charge in [0.15, 0.2) is 5.82 Å². The highest BCUT2D eigenvalue weighted by Crippen LogP contribution is 2.40. The minimum absolute atomic E-state index is 0.699. The maximum absolute atomic E-state index is 4.79. The Morgan fingerprint density at radius 2 is 1.30 bits per heavy atom. The van der Waals surface area contributed by atoms with Crippen molar-refractivity contribution in [3.63, 3.8) is 0 Å². The number of benzene rings is 1. The van der Waals surface area contributed by atoms with E-state index in [0.29, 0.717) is 5.82 Å². The molecule has 0 radical (unpaired) electrons. The summed E-state index contributed by atoms with van der Waals surface area (Å²) in [6.45, 7) is 0. The van der Waals surface area contributed by atoms with Gasteiger partial charge >= 0.3 is 0 Å². The first-order chi connectivity index (χ1) is 13.2. The molecule has 0 amide bonds. The zero-order valence-electron chi connectivity index (χ0n) is 13.6. The van der Waals surface area contributed by atoms with E-state index < -0.39 is 0 Å². The van der Waals surface area contributed by atoms with E-state index in [0.717, 1.165) is 39.5 Å². The van der Waals surface area contributed by atoms with Crippen LogP contribution >= 0.6 is 54.5 Å². The van der Waals surface area contributed by atoms with Crippen LogP contribution in [0.2, 0.25) is 0 Å². The Bertz CT molecular complexity index is 1180. The lowest BCUT2D eigenvalue weighted by atomic mass is 10.1. The van der Waals surface area contributed by atoms with E-state index in [2.05, 4.69) is 73.2 Å². The molecule has 0 saturated heterocycles. The molecular weight excluding hydrogens is 508 g/mol. The number of pyridine rings is 1. The fourth-order valence-corrected chi connectivity index (χ4v) is 5.71. The van der Waals surface area contributed by atoms with E-state index in [9.17, 15) is 0 Å². The molecule has 0 saturated carbocycles. The molecule has 5 aromatic rings. The monoisotopic (exact) mass is 516 g/mol. The molecule has 0 fully saturated rings. The van der Waals surface area contributed by atoms with Gasteiger partial charge in [0.25, 0.3) is 0 Å². The number of hydrogen-bond acceptors (Lipinski definition) is 5. The summed E-state index contributed by atoms with van der Waals surface area (Å²) in [7, 11) is 0. The Morgan fingerprint density at radius 3 is 1.74 bits per heavy atom. The molecule has 4 aromatic heterocycles. The quantitative estimate of drug-likeness (QED) is 0.264. The minimum atomic E-state index is 0.699. The molecule has 0 unspecified atom stereocenters. The molecule has 132 valence electrons. The summed E-state index contributed by atoms with van der Waals surface area (Å²) in [5.74, 6) is 0.699. The Labute approximate surface area is 179 Å². The number of rotatable bonds is 3. The van der Waals surface area contributed by atoms with E-state index in [1.807, 2.05) is 18.2 Å². The van der Waals surface area contributed by atoms with Crippen LogP contribution in [0.1, 0.15) is 0 Å². The van der Waals surface area contributed by atoms with Crippen LogP contribution in [0.3, 0.4) is 0 Å². The lowest BCUT2D eigenvalue weighted by molar-refractivity contribution is 0.742. The van der Waals surface area contributed by atoms with Gasteiger partial charge in [0.2, 0.25) is 0 Å². The lowest BCUT2D eigenvalue weighted by Gasteiger charge is -2.02. The van der Waals surface area contributed by atoms with E-state index >= 15 is 0 Å². The molecule has 0 aliphatic heterocycles. The molecule has 27 heavy (non-hydrogen) atoms. The van der Waals surface area contributed by atoms with Gasteiger partial charge in [0.1, 0.15) is 11.0 Å². The van der Waals surface area contributed by atoms with Crippen molar-refractivity contribution in [3.8, 4) is 26.7 Å². The average molecular weight is 518 g/mol. The molecule has 0 bridgehead atoms. The molecule has 0 aliphatic rings. The van der Waals surface area contributed by atoms with E-state index in [4.69, 9.17) is 10.2 Å². The van der Waals surface area contributed by atoms with Gasteiger partial charge in [-0.15, -0.1) is 37.7 Å². The van der Waals surface area contributed by atoms with Gasteiger partial charge in [0, 0.05) is 27.1 Å². The summed E-state index contributed by atoms with van der Waals surface area (Å²) in [5.41, 5.74) is 3.89. The Morgan fingerprint density at radius 1 is 0.704 bits per heavy atom. The van der Waals surface area contributed by atoms with Crippen LogP contribution in [0.25, 0.3) is 37.7 Å². The number of nitrogens with zero attached hydrogens (tertiary/aromatic N) is 4. The summed E-state index contributed by atoms with van der Waals surface area (Å²) in [5, 5.41) is 9.58. The second-order valence-electron chi connectivity index (χ2n) is 5.74. The third-order valence-electron chi connectivity index (χ3n) is 4.07. The van der Waals surface area contributed by atoms with Crippen LogP contribution < -0.4 is 0 Å². The maximum atomic E-state index is 4.79. The molecule has 0 N–H and O–H groups in total. The van der Waals surface area contributed by atoms with Crippen LogP contribution in [0, 0.1) is 0 Å². The van der Waals surface area contributed by atoms with Crippen molar-refractivity contribution in [1.29, 1.82) is 0 Å². The van der Waals surface area contributed by atoms with E-state index in [1.54, 1.807) is 33.7 Å². The molecule has 0 spiro atoms. The SMILES string of the molecule is Brc1ccc(-c2ccc(-c3ccc(Br)s3)c3nn(-c4ccccn4)nc23)s1. The van der Waals surface area contributed by atoms with Crippen molar-refractivity contribution in [2.24, 2.45) is 0 Å². The highest BCUT2D eigenvalue weighted by atomic mass is 79.9. The third-order valence-corrected chi connectivity index (χ3v) is 7.39. The molecule has 5 rings (SSSR count). The number of halogens is 2. The fourth-order valence-electron chi connectivity index (χ4n) is 2.88. The van der Waals surface area contributed by atoms with Crippen molar-refractivity contribution < 1.29 is 0 Å². The molecule has 1 aromatic carbocycles. The fraction of sp³-hybridized carbons (Fsp3) is 0. The van der Waals surface area contributed by atoms with Crippen LogP contribution in [0.15, 0.2) is 68.4 Å². The first-order valence-electron chi connectivity index (χ1n) is 8.02. The molecule has 0 aliphatic carbocycles. The van der Waals surface area contributed by atoms with Crippen molar-refractivity contribution >= 4 is 65.6 Å². The van der Waals surface area contributed by atoms with Gasteiger partial charge in [-0.3, -0.25) is 0 Å². The molecule has 0 atom stereocenters. The van der Waals surface area contributed by atoms with Gasteiger partial charge in [-0.1, -0.05) is 18.2 Å². The average Bonchev–Trinajstić information content (AvgIpc) is 3.41. The summed E-state index contributed by atoms with van der Waals surface area (Å²) in [4.78, 5) is 8.30. The smallest absolute Gasteiger partial charge is 0.174 e. The van der Waals surface area contributed by atoms with Crippen molar-refractivity contribution in [2.75, 3.05) is 0 Å². The maximum Gasteiger partial charge on any atom is 0.174 e. The topological polar surface area (TPSA) is 43.6 Å². The van der Waals surface area contributed by atoms with Crippen molar-refractivity contribution in [3.05, 3.63) is 68.4 Å². The van der Waals surface area contributed by atoms with Crippen LogP contribution in [0.4, 0.5) is 0 Å². The second-order valence-corrected chi connectivity index (χ2v) is 10.7. The van der Waals surface area contributed by atoms with Gasteiger partial charge in [0.05, 0.1) is 7.57 Å². The molecule has 8 heteroatoms. The van der Waals surface area contributed by atoms with Gasteiger partial charge in [-0.05, 0) is 68.3 Å². The number of thiophene rings is 2. The first kappa shape index (κ1) is 17.2. The zero-order chi connectivity index (χ0) is 18.4. The minimum Gasteiger partial charge on any atom is -0.236 e. The summed E-state index contributed by atoms with van der Waals surface area (Å²) in [6.07, 6.45) is 1.75. The molecule has 4 heterocycles. The molecule has 4 nitrogen and oxygen atoms in total. The van der Waals surface area contributed by atoms with Crippen molar-refractivity contribution in [1.82, 2.24) is 20.0 Å². The van der Waals surface area contributed by atoms with Crippen molar-refractivity contribution in [2.45, 2.75) is 0 Å². The summed E-state index contributed by atoms with van der Waals surface area (Å²) in [6, 6.07) is 18.3. The molecular formula is C19H10Br2N4S2. The second kappa shape index (κ2) is 6.94. The van der Waals surface area contributed by atoms with E-state index in [1.165, 1.54) is 0 Å². The van der Waals surface area contributed by atoms with Crippen LogP contribution in [-0.2, 0) is 0 Å². The van der Waals surface area contributed by atoms with E-state index in [-0.39, 0.29) is 0 Å². The number of fused-ring (bicyclic) bond motifs is 1. The Hall–Kier alpha value is -1.87. The predicted molar refractivity (Wildman–Crippen MR) is 119 cm³/mol. The normalized spacial score (nSPS) is 11.3.